The lowest BCUT2D eigenvalue weighted by molar-refractivity contribution is 0.0516. The number of rotatable bonds is 9. The average molecular weight is 554 g/mol. The van der Waals surface area contributed by atoms with Crippen molar-refractivity contribution in [1.82, 2.24) is 10.3 Å². The molecule has 0 saturated carbocycles. The first-order valence-corrected chi connectivity index (χ1v) is 13.0. The van der Waals surface area contributed by atoms with Gasteiger partial charge in [-0.1, -0.05) is 18.2 Å². The van der Waals surface area contributed by atoms with Crippen LogP contribution in [0.25, 0.3) is 10.9 Å². The topological polar surface area (TPSA) is 140 Å². The van der Waals surface area contributed by atoms with Gasteiger partial charge in [-0.05, 0) is 73.7 Å². The van der Waals surface area contributed by atoms with E-state index in [1.807, 2.05) is 60.7 Å². The average Bonchev–Trinajstić information content (AvgIpc) is 2.97. The number of carbonyl (C=O) groups is 1. The molecule has 3 aromatic carbocycles. The monoisotopic (exact) mass is 553 g/mol. The molecule has 1 aliphatic rings. The van der Waals surface area contributed by atoms with Crippen molar-refractivity contribution in [2.75, 3.05) is 37.2 Å². The van der Waals surface area contributed by atoms with Gasteiger partial charge in [-0.15, -0.1) is 0 Å². The summed E-state index contributed by atoms with van der Waals surface area (Å²) in [7, 11) is 3.20. The molecular formula is C31H31N5O5. The first kappa shape index (κ1) is 27.4. The summed E-state index contributed by atoms with van der Waals surface area (Å²) in [5, 5.41) is 22.9. The van der Waals surface area contributed by atoms with Crippen molar-refractivity contribution in [3.63, 3.8) is 0 Å². The highest BCUT2D eigenvalue weighted by atomic mass is 16.5. The Morgan fingerprint density at radius 1 is 0.902 bits per heavy atom. The highest BCUT2D eigenvalue weighted by molar-refractivity contribution is 6.02. The highest BCUT2D eigenvalue weighted by Gasteiger charge is 2.37. The van der Waals surface area contributed by atoms with Gasteiger partial charge in [0.2, 0.25) is 0 Å². The molecule has 10 heteroatoms. The van der Waals surface area contributed by atoms with Crippen LogP contribution in [0, 0.1) is 0 Å². The zero-order valence-electron chi connectivity index (χ0n) is 22.9. The van der Waals surface area contributed by atoms with Crippen LogP contribution in [0.4, 0.5) is 17.2 Å². The minimum absolute atomic E-state index is 0.00459. The molecule has 0 aliphatic carbocycles. The van der Waals surface area contributed by atoms with Crippen LogP contribution in [-0.4, -0.2) is 36.9 Å². The fourth-order valence-electron chi connectivity index (χ4n) is 4.69. The predicted octanol–water partition coefficient (Wildman–Crippen LogP) is 4.71. The van der Waals surface area contributed by atoms with E-state index in [-0.39, 0.29) is 23.6 Å². The second kappa shape index (κ2) is 11.5. The molecule has 0 saturated heterocycles. The summed E-state index contributed by atoms with van der Waals surface area (Å²) in [6, 6.07) is 21.8. The van der Waals surface area contributed by atoms with Gasteiger partial charge in [0.25, 0.3) is 0 Å². The number of aromatic nitrogens is 1. The van der Waals surface area contributed by atoms with E-state index in [0.717, 1.165) is 11.4 Å². The lowest BCUT2D eigenvalue weighted by Gasteiger charge is -2.33. The third kappa shape index (κ3) is 5.73. The normalized spacial score (nSPS) is 13.9. The quantitative estimate of drug-likeness (QED) is 0.185. The zero-order chi connectivity index (χ0) is 29.0. The molecule has 0 fully saturated rings. The Labute approximate surface area is 237 Å². The summed E-state index contributed by atoms with van der Waals surface area (Å²) in [4.78, 5) is 17.6. The van der Waals surface area contributed by atoms with Crippen LogP contribution >= 0.6 is 0 Å². The summed E-state index contributed by atoms with van der Waals surface area (Å²) in [5.74, 6) is 1.59. The summed E-state index contributed by atoms with van der Waals surface area (Å²) in [6.45, 7) is 1.83. The van der Waals surface area contributed by atoms with Gasteiger partial charge in [0.05, 0.1) is 26.3 Å². The molecule has 210 valence electrons. The van der Waals surface area contributed by atoms with Crippen molar-refractivity contribution >= 4 is 34.1 Å². The lowest BCUT2D eigenvalue weighted by atomic mass is 9.85. The molecule has 0 radical (unpaired) electrons. The molecule has 5 rings (SSSR count). The number of nitrogens with one attached hydrogen (secondary N) is 3. The number of dihydropyridines is 1. The molecule has 6 N–H and O–H groups in total. The lowest BCUT2D eigenvalue weighted by Crippen LogP contribution is -2.37. The Kier molecular flexibility index (Phi) is 7.66. The van der Waals surface area contributed by atoms with Gasteiger partial charge >= 0.3 is 5.97 Å². The molecule has 41 heavy (non-hydrogen) atoms. The maximum absolute atomic E-state index is 13.2. The number of carbonyl (C=O) groups excluding carboxylic acids is 1. The van der Waals surface area contributed by atoms with Crippen LogP contribution in [0.5, 0.6) is 11.5 Å². The smallest absolute Gasteiger partial charge is 0.342 e. The molecule has 0 atom stereocenters. The van der Waals surface area contributed by atoms with Gasteiger partial charge in [-0.3, -0.25) is 0 Å². The fourth-order valence-corrected chi connectivity index (χ4v) is 4.69. The minimum Gasteiger partial charge on any atom is -0.497 e. The maximum Gasteiger partial charge on any atom is 0.342 e. The van der Waals surface area contributed by atoms with Gasteiger partial charge in [-0.25, -0.2) is 9.78 Å². The standard InChI is InChI=1S/C31H31N5O5/c1-4-41-30(37)27-28(23-7-5-6-8-24(23)35-29(27)32)31(38)17-25(33-19-9-13-21(39-2)14-10-19)36-26(18-31)34-20-11-15-22(40-3)16-12-20/h5-18,33-34,36,38H,4H2,1-3H3,(H2,32,35). The van der Waals surface area contributed by atoms with Gasteiger partial charge in [0, 0.05) is 22.3 Å². The molecule has 4 aromatic rings. The van der Waals surface area contributed by atoms with Gasteiger partial charge < -0.3 is 41.0 Å². The number of nitrogen functional groups attached to an aromatic ring is 1. The summed E-state index contributed by atoms with van der Waals surface area (Å²) < 4.78 is 15.9. The number of esters is 1. The van der Waals surface area contributed by atoms with E-state index in [0.29, 0.717) is 34.0 Å². The molecule has 0 amide bonds. The van der Waals surface area contributed by atoms with Crippen molar-refractivity contribution in [3.8, 4) is 11.5 Å². The van der Waals surface area contributed by atoms with E-state index in [4.69, 9.17) is 19.9 Å². The second-order valence-corrected chi connectivity index (χ2v) is 9.26. The third-order valence-corrected chi connectivity index (χ3v) is 6.54. The van der Waals surface area contributed by atoms with Crippen LogP contribution in [0.2, 0.25) is 0 Å². The molecule has 2 heterocycles. The number of methoxy groups -OCH3 is 2. The van der Waals surface area contributed by atoms with E-state index < -0.39 is 11.6 Å². The Morgan fingerprint density at radius 2 is 1.44 bits per heavy atom. The number of aliphatic hydroxyl groups is 1. The van der Waals surface area contributed by atoms with E-state index >= 15 is 0 Å². The summed E-state index contributed by atoms with van der Waals surface area (Å²) in [5.41, 5.74) is 6.74. The number of fused-ring (bicyclic) bond motifs is 1. The third-order valence-electron chi connectivity index (χ3n) is 6.54. The van der Waals surface area contributed by atoms with E-state index in [9.17, 15) is 9.90 Å². The molecule has 1 aliphatic heterocycles. The number of hydrogen-bond acceptors (Lipinski definition) is 10. The Morgan fingerprint density at radius 3 is 1.95 bits per heavy atom. The Balaban J connectivity index is 1.67. The number of pyridine rings is 1. The van der Waals surface area contributed by atoms with E-state index in [1.165, 1.54) is 0 Å². The van der Waals surface area contributed by atoms with Gasteiger partial charge in [0.1, 0.15) is 40.1 Å². The van der Waals surface area contributed by atoms with Crippen LogP contribution in [-0.2, 0) is 10.3 Å². The SMILES string of the molecule is CCOC(=O)c1c(N)nc2ccccc2c1C1(O)C=C(Nc2ccc(OC)cc2)NC(Nc2ccc(OC)cc2)=C1. The summed E-state index contributed by atoms with van der Waals surface area (Å²) in [6.07, 6.45) is 3.17. The van der Waals surface area contributed by atoms with E-state index in [1.54, 1.807) is 45.4 Å². The highest BCUT2D eigenvalue weighted by Crippen LogP contribution is 2.39. The van der Waals surface area contributed by atoms with Crippen LogP contribution in [0.15, 0.2) is 96.6 Å². The molecule has 0 unspecified atom stereocenters. The van der Waals surface area contributed by atoms with Crippen LogP contribution in [0.1, 0.15) is 22.8 Å². The van der Waals surface area contributed by atoms with Crippen molar-refractivity contribution in [2.45, 2.75) is 12.5 Å². The second-order valence-electron chi connectivity index (χ2n) is 9.26. The number of nitrogens with zero attached hydrogens (tertiary/aromatic N) is 1. The molecule has 1 aromatic heterocycles. The van der Waals surface area contributed by atoms with Gasteiger partial charge in [-0.2, -0.15) is 0 Å². The van der Waals surface area contributed by atoms with Gasteiger partial charge in [0.15, 0.2) is 0 Å². The fraction of sp³-hybridized carbons (Fsp3) is 0.161. The number of ether oxygens (including phenoxy) is 3. The largest absolute Gasteiger partial charge is 0.497 e. The first-order valence-electron chi connectivity index (χ1n) is 13.0. The predicted molar refractivity (Wildman–Crippen MR) is 159 cm³/mol. The van der Waals surface area contributed by atoms with Crippen LogP contribution in [0.3, 0.4) is 0 Å². The number of benzene rings is 3. The number of nitrogens with two attached hydrogens (primary N) is 1. The minimum atomic E-state index is -1.83. The summed E-state index contributed by atoms with van der Waals surface area (Å²) >= 11 is 0. The first-order chi connectivity index (χ1) is 19.8. The number of anilines is 3. The Bertz CT molecular complexity index is 1570. The maximum atomic E-state index is 13.2. The molecule has 0 bridgehead atoms. The molecular weight excluding hydrogens is 522 g/mol. The number of para-hydroxylation sites is 1. The van der Waals surface area contributed by atoms with Crippen molar-refractivity contribution < 1.29 is 24.1 Å². The zero-order valence-corrected chi connectivity index (χ0v) is 22.9. The Hall–Kier alpha value is -5.22. The van der Waals surface area contributed by atoms with Crippen molar-refractivity contribution in [2.24, 2.45) is 0 Å². The van der Waals surface area contributed by atoms with Crippen LogP contribution < -0.4 is 31.2 Å². The molecule has 0 spiro atoms. The molecule has 10 nitrogen and oxygen atoms in total. The van der Waals surface area contributed by atoms with E-state index in [2.05, 4.69) is 20.9 Å². The van der Waals surface area contributed by atoms with Crippen molar-refractivity contribution in [1.29, 1.82) is 0 Å². The van der Waals surface area contributed by atoms with Crippen molar-refractivity contribution in [3.05, 3.63) is 108 Å². The number of hydrogen-bond donors (Lipinski definition) is 5.